The first-order chi connectivity index (χ1) is 11.6. The van der Waals surface area contributed by atoms with Crippen molar-refractivity contribution in [1.29, 1.82) is 0 Å². The molecule has 4 aromatic rings. The first kappa shape index (κ1) is 14.9. The third kappa shape index (κ3) is 2.56. The molecule has 3 nitrogen and oxygen atoms in total. The van der Waals surface area contributed by atoms with E-state index in [1.54, 1.807) is 0 Å². The van der Waals surface area contributed by atoms with Gasteiger partial charge in [0.15, 0.2) is 0 Å². The number of nitrogens with zero attached hydrogens (tertiary/aromatic N) is 2. The van der Waals surface area contributed by atoms with E-state index < -0.39 is 0 Å². The zero-order valence-corrected chi connectivity index (χ0v) is 14.2. The maximum atomic E-state index is 6.14. The molecular formula is C21H20N2O. The number of rotatable bonds is 3. The first-order valence-corrected chi connectivity index (χ1v) is 8.36. The topological polar surface area (TPSA) is 38.9 Å². The normalized spacial score (nSPS) is 11.7. The molecule has 0 saturated carbocycles. The average Bonchev–Trinajstić information content (AvgIpc) is 2.93. The maximum Gasteiger partial charge on any atom is 0.227 e. The van der Waals surface area contributed by atoms with Crippen LogP contribution in [0.4, 0.5) is 0 Å². The minimum atomic E-state index is 0.576. The number of hydrogen-bond donors (Lipinski definition) is 0. The zero-order chi connectivity index (χ0) is 16.7. The van der Waals surface area contributed by atoms with Crippen molar-refractivity contribution in [3.05, 3.63) is 59.9 Å². The minimum Gasteiger partial charge on any atom is -0.437 e. The van der Waals surface area contributed by atoms with E-state index in [0.29, 0.717) is 11.6 Å². The van der Waals surface area contributed by atoms with Gasteiger partial charge < -0.3 is 4.42 Å². The van der Waals surface area contributed by atoms with Crippen molar-refractivity contribution >= 4 is 22.1 Å². The molecule has 0 saturated heterocycles. The molecule has 0 aliphatic carbocycles. The van der Waals surface area contributed by atoms with Crippen molar-refractivity contribution in [3.8, 4) is 11.3 Å². The molecule has 1 aromatic carbocycles. The Morgan fingerprint density at radius 1 is 1.00 bits per heavy atom. The van der Waals surface area contributed by atoms with Crippen LogP contribution in [-0.2, 0) is 6.42 Å². The molecule has 0 atom stereocenters. The number of fused-ring (bicyclic) bond motifs is 3. The molecule has 0 aliphatic heterocycles. The van der Waals surface area contributed by atoms with Gasteiger partial charge in [0, 0.05) is 28.2 Å². The number of aromatic nitrogens is 2. The molecular weight excluding hydrogens is 296 g/mol. The monoisotopic (exact) mass is 316 g/mol. The fraction of sp³-hybridized carbons (Fsp3) is 0.238. The molecule has 3 aromatic heterocycles. The standard InChI is InChI=1S/C21H20N2O/c1-13(2)11-15-8-9-17-16-5-4-6-18(20(16)24-21(17)23-15)19-10-7-14(3)12-22-19/h4-10,12-13H,11H2,1-3H3. The summed E-state index contributed by atoms with van der Waals surface area (Å²) in [6.07, 6.45) is 2.84. The van der Waals surface area contributed by atoms with Gasteiger partial charge in [0.25, 0.3) is 0 Å². The van der Waals surface area contributed by atoms with Crippen molar-refractivity contribution < 1.29 is 4.42 Å². The van der Waals surface area contributed by atoms with E-state index in [1.807, 2.05) is 19.2 Å². The quantitative estimate of drug-likeness (QED) is 0.497. The lowest BCUT2D eigenvalue weighted by molar-refractivity contribution is 0.621. The summed E-state index contributed by atoms with van der Waals surface area (Å²) in [6.45, 7) is 6.44. The van der Waals surface area contributed by atoms with Crippen molar-refractivity contribution in [2.24, 2.45) is 5.92 Å². The summed E-state index contributed by atoms with van der Waals surface area (Å²) in [5.74, 6) is 0.576. The molecule has 0 N–H and O–H groups in total. The van der Waals surface area contributed by atoms with E-state index in [0.717, 1.165) is 45.3 Å². The van der Waals surface area contributed by atoms with Crippen molar-refractivity contribution in [2.45, 2.75) is 27.2 Å². The molecule has 0 aliphatic rings. The summed E-state index contributed by atoms with van der Waals surface area (Å²) in [5, 5.41) is 2.15. The Balaban J connectivity index is 1.91. The van der Waals surface area contributed by atoms with Crippen molar-refractivity contribution in [2.75, 3.05) is 0 Å². The molecule has 0 bridgehead atoms. The van der Waals surface area contributed by atoms with E-state index in [1.165, 1.54) is 0 Å². The molecule has 0 unspecified atom stereocenters. The number of para-hydroxylation sites is 1. The van der Waals surface area contributed by atoms with E-state index in [2.05, 4.69) is 55.2 Å². The van der Waals surface area contributed by atoms with E-state index in [9.17, 15) is 0 Å². The van der Waals surface area contributed by atoms with Gasteiger partial charge in [0.2, 0.25) is 5.71 Å². The fourth-order valence-corrected chi connectivity index (χ4v) is 3.08. The van der Waals surface area contributed by atoms with Crippen LogP contribution in [-0.4, -0.2) is 9.97 Å². The van der Waals surface area contributed by atoms with Crippen molar-refractivity contribution in [1.82, 2.24) is 9.97 Å². The Kier molecular flexibility index (Phi) is 3.57. The van der Waals surface area contributed by atoms with E-state index in [-0.39, 0.29) is 0 Å². The highest BCUT2D eigenvalue weighted by molar-refractivity contribution is 6.08. The zero-order valence-electron chi connectivity index (χ0n) is 14.2. The highest BCUT2D eigenvalue weighted by Gasteiger charge is 2.14. The molecule has 4 rings (SSSR count). The van der Waals surface area contributed by atoms with Crippen LogP contribution in [0.2, 0.25) is 0 Å². The van der Waals surface area contributed by atoms with E-state index in [4.69, 9.17) is 9.40 Å². The van der Waals surface area contributed by atoms with Crippen LogP contribution in [0.3, 0.4) is 0 Å². The SMILES string of the molecule is Cc1ccc(-c2cccc3c2oc2nc(CC(C)C)ccc23)nc1. The van der Waals surface area contributed by atoms with Crippen LogP contribution in [0.25, 0.3) is 33.3 Å². The molecule has 3 heterocycles. The number of pyridine rings is 2. The van der Waals surface area contributed by atoms with Crippen LogP contribution < -0.4 is 0 Å². The van der Waals surface area contributed by atoms with Gasteiger partial charge in [-0.1, -0.05) is 32.0 Å². The van der Waals surface area contributed by atoms with Gasteiger partial charge >= 0.3 is 0 Å². The Morgan fingerprint density at radius 2 is 1.88 bits per heavy atom. The lowest BCUT2D eigenvalue weighted by Gasteiger charge is -2.02. The van der Waals surface area contributed by atoms with Crippen LogP contribution in [0.1, 0.15) is 25.1 Å². The Labute approximate surface area is 141 Å². The van der Waals surface area contributed by atoms with Crippen LogP contribution >= 0.6 is 0 Å². The summed E-state index contributed by atoms with van der Waals surface area (Å²) in [5.41, 5.74) is 5.73. The number of furan rings is 1. The van der Waals surface area contributed by atoms with Crippen LogP contribution in [0, 0.1) is 12.8 Å². The lowest BCUT2D eigenvalue weighted by Crippen LogP contribution is -1.96. The number of hydrogen-bond acceptors (Lipinski definition) is 3. The third-order valence-electron chi connectivity index (χ3n) is 4.23. The van der Waals surface area contributed by atoms with Gasteiger partial charge in [0.05, 0.1) is 5.69 Å². The fourth-order valence-electron chi connectivity index (χ4n) is 3.08. The summed E-state index contributed by atoms with van der Waals surface area (Å²) in [6, 6.07) is 14.5. The molecule has 0 spiro atoms. The van der Waals surface area contributed by atoms with Gasteiger partial charge in [0.1, 0.15) is 5.58 Å². The average molecular weight is 316 g/mol. The van der Waals surface area contributed by atoms with Gasteiger partial charge in [-0.05, 0) is 49.1 Å². The molecule has 0 radical (unpaired) electrons. The van der Waals surface area contributed by atoms with E-state index >= 15 is 0 Å². The molecule has 0 fully saturated rings. The second kappa shape index (κ2) is 5.75. The summed E-state index contributed by atoms with van der Waals surface area (Å²) < 4.78 is 6.14. The summed E-state index contributed by atoms with van der Waals surface area (Å²) >= 11 is 0. The summed E-state index contributed by atoms with van der Waals surface area (Å²) in [7, 11) is 0. The first-order valence-electron chi connectivity index (χ1n) is 8.36. The molecule has 3 heteroatoms. The highest BCUT2D eigenvalue weighted by Crippen LogP contribution is 2.34. The van der Waals surface area contributed by atoms with Gasteiger partial charge in [-0.25, -0.2) is 4.98 Å². The maximum absolute atomic E-state index is 6.14. The predicted octanol–water partition coefficient (Wildman–Crippen LogP) is 5.55. The summed E-state index contributed by atoms with van der Waals surface area (Å²) in [4.78, 5) is 9.26. The largest absolute Gasteiger partial charge is 0.437 e. The van der Waals surface area contributed by atoms with Crippen LogP contribution in [0.5, 0.6) is 0 Å². The Morgan fingerprint density at radius 3 is 2.62 bits per heavy atom. The lowest BCUT2D eigenvalue weighted by atomic mass is 10.1. The minimum absolute atomic E-state index is 0.576. The molecule has 0 amide bonds. The third-order valence-corrected chi connectivity index (χ3v) is 4.23. The second-order valence-electron chi connectivity index (χ2n) is 6.76. The van der Waals surface area contributed by atoms with Gasteiger partial charge in [-0.15, -0.1) is 0 Å². The highest BCUT2D eigenvalue weighted by atomic mass is 16.3. The van der Waals surface area contributed by atoms with Gasteiger partial charge in [-0.3, -0.25) is 4.98 Å². The van der Waals surface area contributed by atoms with Crippen molar-refractivity contribution in [3.63, 3.8) is 0 Å². The number of benzene rings is 1. The molecule has 120 valence electrons. The van der Waals surface area contributed by atoms with Gasteiger partial charge in [-0.2, -0.15) is 0 Å². The molecule has 24 heavy (non-hydrogen) atoms. The Hall–Kier alpha value is -2.68. The predicted molar refractivity (Wildman–Crippen MR) is 98.0 cm³/mol. The van der Waals surface area contributed by atoms with Crippen LogP contribution in [0.15, 0.2) is 53.1 Å². The Bertz CT molecular complexity index is 1010. The smallest absolute Gasteiger partial charge is 0.227 e. The number of aryl methyl sites for hydroxylation is 1. The second-order valence-corrected chi connectivity index (χ2v) is 6.76.